The topological polar surface area (TPSA) is 76.2 Å². The van der Waals surface area contributed by atoms with Crippen LogP contribution in [0.15, 0.2) is 28.9 Å². The van der Waals surface area contributed by atoms with E-state index in [0.717, 1.165) is 64.8 Å². The van der Waals surface area contributed by atoms with Gasteiger partial charge in [-0.05, 0) is 60.5 Å². The highest BCUT2D eigenvalue weighted by Gasteiger charge is 2.35. The van der Waals surface area contributed by atoms with Crippen LogP contribution in [0.4, 0.5) is 22.0 Å². The van der Waals surface area contributed by atoms with Crippen molar-refractivity contribution >= 4 is 39.2 Å². The number of pyridine rings is 1. The number of amides is 1. The summed E-state index contributed by atoms with van der Waals surface area (Å²) >= 11 is 3.70. The summed E-state index contributed by atoms with van der Waals surface area (Å²) in [7, 11) is 0. The van der Waals surface area contributed by atoms with Crippen LogP contribution in [-0.4, -0.2) is 61.0 Å². The van der Waals surface area contributed by atoms with Crippen molar-refractivity contribution in [1.29, 1.82) is 0 Å². The Morgan fingerprint density at radius 2 is 2.00 bits per heavy atom. The van der Waals surface area contributed by atoms with Crippen LogP contribution in [0, 0.1) is 0 Å². The van der Waals surface area contributed by atoms with Gasteiger partial charge in [-0.25, -0.2) is 9.78 Å². The number of rotatable bonds is 2. The number of hydrogen-bond acceptors (Lipinski definition) is 7. The van der Waals surface area contributed by atoms with Gasteiger partial charge in [0, 0.05) is 44.0 Å². The van der Waals surface area contributed by atoms with Gasteiger partial charge < -0.3 is 29.3 Å². The number of carbonyl (C=O) groups is 1. The number of benzene rings is 1. The Kier molecular flexibility index (Phi) is 5.86. The first-order chi connectivity index (χ1) is 15.8. The molecule has 0 radical (unpaired) electrons. The van der Waals surface area contributed by atoms with Crippen molar-refractivity contribution in [2.45, 2.75) is 38.9 Å². The summed E-state index contributed by atoms with van der Waals surface area (Å²) in [6, 6.07) is 6.24. The van der Waals surface area contributed by atoms with Crippen molar-refractivity contribution in [2.24, 2.45) is 0 Å². The maximum absolute atomic E-state index is 12.3. The van der Waals surface area contributed by atoms with Gasteiger partial charge in [0.1, 0.15) is 18.0 Å². The molecule has 0 aliphatic carbocycles. The second-order valence-electron chi connectivity index (χ2n) is 9.63. The van der Waals surface area contributed by atoms with Gasteiger partial charge in [0.15, 0.2) is 5.75 Å². The van der Waals surface area contributed by atoms with Gasteiger partial charge in [0.05, 0.1) is 28.9 Å². The number of carbonyl (C=O) groups excluding carboxylic acids is 1. The number of likely N-dealkylation sites (tertiary alicyclic amines) is 1. The second kappa shape index (κ2) is 8.68. The van der Waals surface area contributed by atoms with Crippen LogP contribution in [0.1, 0.15) is 37.8 Å². The third-order valence-corrected chi connectivity index (χ3v) is 6.66. The van der Waals surface area contributed by atoms with E-state index in [0.29, 0.717) is 19.7 Å². The minimum absolute atomic E-state index is 0.247. The molecule has 9 heteroatoms. The fraction of sp³-hybridized carbons (Fsp3) is 0.500. The van der Waals surface area contributed by atoms with E-state index in [2.05, 4.69) is 43.3 Å². The molecule has 4 heterocycles. The first-order valence-corrected chi connectivity index (χ1v) is 12.1. The molecule has 1 aromatic heterocycles. The number of nitrogens with one attached hydrogen (secondary N) is 1. The summed E-state index contributed by atoms with van der Waals surface area (Å²) in [5.41, 5.74) is 3.71. The molecule has 3 aliphatic rings. The highest BCUT2D eigenvalue weighted by molar-refractivity contribution is 9.10. The number of aromatic nitrogens is 1. The van der Waals surface area contributed by atoms with Gasteiger partial charge >= 0.3 is 6.09 Å². The highest BCUT2D eigenvalue weighted by atomic mass is 79.9. The molecule has 2 aromatic rings. The zero-order valence-electron chi connectivity index (χ0n) is 19.2. The molecule has 2 saturated heterocycles. The molecule has 0 atom stereocenters. The largest absolute Gasteiger partial charge is 0.485 e. The van der Waals surface area contributed by atoms with E-state index in [1.165, 1.54) is 0 Å². The smallest absolute Gasteiger partial charge is 0.410 e. The molecule has 0 unspecified atom stereocenters. The van der Waals surface area contributed by atoms with Crippen molar-refractivity contribution in [3.8, 4) is 5.75 Å². The Morgan fingerprint density at radius 3 is 2.73 bits per heavy atom. The van der Waals surface area contributed by atoms with Crippen molar-refractivity contribution in [1.82, 2.24) is 9.88 Å². The molecular formula is C24H29BrN4O4. The second-order valence-corrected chi connectivity index (χ2v) is 10.5. The number of anilines is 3. The monoisotopic (exact) mass is 516 g/mol. The third kappa shape index (κ3) is 4.61. The molecule has 3 aliphatic heterocycles. The number of ether oxygens (including phenoxy) is 3. The molecular weight excluding hydrogens is 488 g/mol. The molecule has 1 amide bonds. The number of halogens is 1. The lowest BCUT2D eigenvalue weighted by atomic mass is 9.91. The molecule has 0 saturated carbocycles. The van der Waals surface area contributed by atoms with E-state index in [4.69, 9.17) is 14.2 Å². The van der Waals surface area contributed by atoms with Gasteiger partial charge in [-0.15, -0.1) is 0 Å². The molecule has 33 heavy (non-hydrogen) atoms. The van der Waals surface area contributed by atoms with Gasteiger partial charge in [-0.3, -0.25) is 0 Å². The van der Waals surface area contributed by atoms with E-state index in [1.807, 2.05) is 33.0 Å². The maximum Gasteiger partial charge on any atom is 0.410 e. The summed E-state index contributed by atoms with van der Waals surface area (Å²) in [4.78, 5) is 21.0. The van der Waals surface area contributed by atoms with Gasteiger partial charge in [0.2, 0.25) is 0 Å². The first-order valence-electron chi connectivity index (χ1n) is 11.3. The average molecular weight is 517 g/mol. The van der Waals surface area contributed by atoms with Crippen LogP contribution in [0.2, 0.25) is 0 Å². The Hall–Kier alpha value is -2.52. The van der Waals surface area contributed by atoms with Crippen LogP contribution >= 0.6 is 15.9 Å². The number of morpholine rings is 1. The lowest BCUT2D eigenvalue weighted by molar-refractivity contribution is 0.00819. The molecule has 0 bridgehead atoms. The predicted octanol–water partition coefficient (Wildman–Crippen LogP) is 4.65. The standard InChI is InChI=1S/C24H29BrN4O4/c1-24(2,3)33-23(30)29-12-16(13-29)15-10-18(25)21-19(11-15)27-22-17(14-32-21)20(4-5-26-22)28-6-8-31-9-7-28/h4-5,10-11,16H,6-9,12-14H2,1-3H3,(H,26,27). The zero-order valence-corrected chi connectivity index (χ0v) is 20.8. The average Bonchev–Trinajstić information content (AvgIpc) is 2.91. The molecule has 2 fully saturated rings. The summed E-state index contributed by atoms with van der Waals surface area (Å²) in [5.74, 6) is 1.83. The fourth-order valence-electron chi connectivity index (χ4n) is 4.36. The Bertz CT molecular complexity index is 1060. The minimum Gasteiger partial charge on any atom is -0.485 e. The van der Waals surface area contributed by atoms with Gasteiger partial charge in [-0.2, -0.15) is 0 Å². The van der Waals surface area contributed by atoms with E-state index < -0.39 is 5.60 Å². The number of fused-ring (bicyclic) bond motifs is 2. The predicted molar refractivity (Wildman–Crippen MR) is 130 cm³/mol. The Labute approximate surface area is 202 Å². The summed E-state index contributed by atoms with van der Waals surface area (Å²) in [6.07, 6.45) is 1.58. The fourth-order valence-corrected chi connectivity index (χ4v) is 4.95. The molecule has 8 nitrogen and oxygen atoms in total. The van der Waals surface area contributed by atoms with E-state index in [-0.39, 0.29) is 12.0 Å². The Balaban J connectivity index is 1.35. The zero-order chi connectivity index (χ0) is 23.2. The lowest BCUT2D eigenvalue weighted by Gasteiger charge is -2.40. The van der Waals surface area contributed by atoms with E-state index in [9.17, 15) is 4.79 Å². The maximum atomic E-state index is 12.3. The van der Waals surface area contributed by atoms with E-state index >= 15 is 0 Å². The molecule has 176 valence electrons. The third-order valence-electron chi connectivity index (χ3n) is 6.07. The van der Waals surface area contributed by atoms with Crippen LogP contribution in [-0.2, 0) is 16.1 Å². The van der Waals surface area contributed by atoms with Crippen molar-refractivity contribution in [2.75, 3.05) is 49.6 Å². The SMILES string of the molecule is CC(C)(C)OC(=O)N1CC(c2cc(Br)c3c(c2)Nc2nccc(N4CCOCC4)c2CO3)C1. The molecule has 0 spiro atoms. The number of hydrogen-bond donors (Lipinski definition) is 1. The Morgan fingerprint density at radius 1 is 1.24 bits per heavy atom. The molecule has 1 N–H and O–H groups in total. The van der Waals surface area contributed by atoms with Crippen LogP contribution < -0.4 is 15.0 Å². The summed E-state index contributed by atoms with van der Waals surface area (Å²) in [6.45, 7) is 10.5. The van der Waals surface area contributed by atoms with E-state index in [1.54, 1.807) is 4.90 Å². The number of nitrogens with zero attached hydrogens (tertiary/aromatic N) is 3. The first kappa shape index (κ1) is 22.3. The lowest BCUT2D eigenvalue weighted by Crippen LogP contribution is -2.50. The minimum atomic E-state index is -0.489. The molecule has 5 rings (SSSR count). The summed E-state index contributed by atoms with van der Waals surface area (Å²) < 4.78 is 18.1. The van der Waals surface area contributed by atoms with Gasteiger partial charge in [-0.1, -0.05) is 0 Å². The molecule has 1 aromatic carbocycles. The van der Waals surface area contributed by atoms with Crippen molar-refractivity contribution in [3.63, 3.8) is 0 Å². The van der Waals surface area contributed by atoms with Crippen LogP contribution in [0.3, 0.4) is 0 Å². The van der Waals surface area contributed by atoms with Crippen molar-refractivity contribution in [3.05, 3.63) is 40.0 Å². The normalized spacial score (nSPS) is 18.3. The highest BCUT2D eigenvalue weighted by Crippen LogP contribution is 2.44. The van der Waals surface area contributed by atoms with Crippen LogP contribution in [0.5, 0.6) is 5.75 Å². The van der Waals surface area contributed by atoms with Crippen LogP contribution in [0.25, 0.3) is 0 Å². The van der Waals surface area contributed by atoms with Crippen molar-refractivity contribution < 1.29 is 19.0 Å². The van der Waals surface area contributed by atoms with Gasteiger partial charge in [0.25, 0.3) is 0 Å². The quantitative estimate of drug-likeness (QED) is 0.622. The summed E-state index contributed by atoms with van der Waals surface area (Å²) in [5, 5.41) is 3.50.